The summed E-state index contributed by atoms with van der Waals surface area (Å²) in [5.74, 6) is 1.26. The summed E-state index contributed by atoms with van der Waals surface area (Å²) in [6.07, 6.45) is 0. The van der Waals surface area contributed by atoms with Crippen LogP contribution in [0.15, 0.2) is 41.6 Å². The van der Waals surface area contributed by atoms with Crippen molar-refractivity contribution in [3.8, 4) is 17.2 Å². The molecule has 1 heterocycles. The topological polar surface area (TPSA) is 91.2 Å². The summed E-state index contributed by atoms with van der Waals surface area (Å²) in [6, 6.07) is 11.4. The van der Waals surface area contributed by atoms with E-state index >= 15 is 0 Å². The van der Waals surface area contributed by atoms with Crippen LogP contribution >= 0.6 is 11.8 Å². The molecule has 0 saturated heterocycles. The van der Waals surface area contributed by atoms with Gasteiger partial charge >= 0.3 is 0 Å². The lowest BCUT2D eigenvalue weighted by Crippen LogP contribution is -2.15. The summed E-state index contributed by atoms with van der Waals surface area (Å²) in [6.45, 7) is 8.90. The van der Waals surface area contributed by atoms with Crippen molar-refractivity contribution >= 4 is 23.4 Å². The number of nitrogens with zero attached hydrogens (tertiary/aromatic N) is 4. The highest BCUT2D eigenvalue weighted by atomic mass is 32.2. The molecule has 3 rings (SSSR count). The van der Waals surface area contributed by atoms with Crippen LogP contribution in [0.25, 0.3) is 5.69 Å². The Bertz CT molecular complexity index is 1020. The van der Waals surface area contributed by atoms with Gasteiger partial charge in [0.05, 0.1) is 24.7 Å². The number of tetrazole rings is 1. The van der Waals surface area contributed by atoms with Crippen LogP contribution in [0.5, 0.6) is 11.5 Å². The van der Waals surface area contributed by atoms with Crippen LogP contribution in [-0.2, 0) is 4.79 Å². The normalized spacial score (nSPS) is 10.7. The third-order valence-corrected chi connectivity index (χ3v) is 5.10. The number of thioether (sulfide) groups is 1. The van der Waals surface area contributed by atoms with Crippen LogP contribution in [-0.4, -0.2) is 45.1 Å². The van der Waals surface area contributed by atoms with Gasteiger partial charge in [-0.3, -0.25) is 4.79 Å². The lowest BCUT2D eigenvalue weighted by Gasteiger charge is -2.13. The Balaban J connectivity index is 1.66. The first-order valence-electron chi connectivity index (χ1n) is 9.70. The summed E-state index contributed by atoms with van der Waals surface area (Å²) < 4.78 is 12.8. The first-order chi connectivity index (χ1) is 14.5. The molecule has 30 heavy (non-hydrogen) atoms. The van der Waals surface area contributed by atoms with Crippen molar-refractivity contribution in [3.05, 3.63) is 47.5 Å². The molecule has 1 aromatic heterocycles. The quantitative estimate of drug-likeness (QED) is 0.519. The standard InChI is InChI=1S/C21H25N5O3S/c1-5-28-18-10-8-16(12-19(18)29-6-2)22-20(27)13-30-21-23-24-25-26(21)17-9-7-14(3)11-15(17)4/h7-12H,5-6,13H2,1-4H3,(H,22,27). The third-order valence-electron chi connectivity index (χ3n) is 4.18. The van der Waals surface area contributed by atoms with E-state index in [-0.39, 0.29) is 11.7 Å². The first kappa shape index (κ1) is 21.6. The number of nitrogens with one attached hydrogen (secondary N) is 1. The van der Waals surface area contributed by atoms with Crippen molar-refractivity contribution in [2.45, 2.75) is 32.9 Å². The van der Waals surface area contributed by atoms with Crippen molar-refractivity contribution in [2.24, 2.45) is 0 Å². The van der Waals surface area contributed by atoms with Crippen LogP contribution in [0.1, 0.15) is 25.0 Å². The second-order valence-corrected chi connectivity index (χ2v) is 7.47. The van der Waals surface area contributed by atoms with Gasteiger partial charge < -0.3 is 14.8 Å². The summed E-state index contributed by atoms with van der Waals surface area (Å²) >= 11 is 1.27. The first-order valence-corrected chi connectivity index (χ1v) is 10.7. The monoisotopic (exact) mass is 427 g/mol. The highest BCUT2D eigenvalue weighted by Crippen LogP contribution is 2.31. The Morgan fingerprint density at radius 3 is 2.57 bits per heavy atom. The second kappa shape index (κ2) is 10.1. The molecule has 0 aliphatic rings. The zero-order valence-corrected chi connectivity index (χ0v) is 18.3. The van der Waals surface area contributed by atoms with E-state index in [1.807, 2.05) is 39.8 Å². The van der Waals surface area contributed by atoms with Gasteiger partial charge in [-0.25, -0.2) is 0 Å². The zero-order chi connectivity index (χ0) is 21.5. The van der Waals surface area contributed by atoms with Crippen molar-refractivity contribution < 1.29 is 14.3 Å². The largest absolute Gasteiger partial charge is 0.490 e. The van der Waals surface area contributed by atoms with Gasteiger partial charge in [-0.2, -0.15) is 4.68 Å². The van der Waals surface area contributed by atoms with Crippen molar-refractivity contribution in [3.63, 3.8) is 0 Å². The lowest BCUT2D eigenvalue weighted by atomic mass is 10.1. The van der Waals surface area contributed by atoms with Gasteiger partial charge in [0.1, 0.15) is 0 Å². The summed E-state index contributed by atoms with van der Waals surface area (Å²) in [7, 11) is 0. The molecule has 0 unspecified atom stereocenters. The molecule has 0 aliphatic heterocycles. The van der Waals surface area contributed by atoms with Crippen LogP contribution in [0.4, 0.5) is 5.69 Å². The van der Waals surface area contributed by atoms with Gasteiger partial charge in [0, 0.05) is 11.8 Å². The fourth-order valence-corrected chi connectivity index (χ4v) is 3.60. The molecule has 8 nitrogen and oxygen atoms in total. The maximum atomic E-state index is 12.5. The molecule has 0 atom stereocenters. The smallest absolute Gasteiger partial charge is 0.234 e. The van der Waals surface area contributed by atoms with Gasteiger partial charge in [-0.05, 0) is 61.9 Å². The second-order valence-electron chi connectivity index (χ2n) is 6.53. The van der Waals surface area contributed by atoms with Crippen LogP contribution in [0.3, 0.4) is 0 Å². The Kier molecular flexibility index (Phi) is 7.29. The Hall–Kier alpha value is -3.07. The molecule has 0 fully saturated rings. The van der Waals surface area contributed by atoms with E-state index in [0.29, 0.717) is 35.6 Å². The molecule has 0 bridgehead atoms. The minimum Gasteiger partial charge on any atom is -0.490 e. The molecule has 1 amide bonds. The summed E-state index contributed by atoms with van der Waals surface area (Å²) in [5, 5.41) is 15.3. The average Bonchev–Trinajstić information content (AvgIpc) is 3.17. The van der Waals surface area contributed by atoms with E-state index in [1.54, 1.807) is 22.9 Å². The fraction of sp³-hybridized carbons (Fsp3) is 0.333. The minimum atomic E-state index is -0.165. The molecule has 0 saturated carbocycles. The van der Waals surface area contributed by atoms with Gasteiger partial charge in [0.25, 0.3) is 0 Å². The number of benzene rings is 2. The number of ether oxygens (including phenoxy) is 2. The SMILES string of the molecule is CCOc1ccc(NC(=O)CSc2nnnn2-c2ccc(C)cc2C)cc1OCC. The van der Waals surface area contributed by atoms with Gasteiger partial charge in [-0.15, -0.1) is 5.10 Å². The number of hydrogen-bond acceptors (Lipinski definition) is 7. The van der Waals surface area contributed by atoms with E-state index in [2.05, 4.69) is 26.9 Å². The zero-order valence-electron chi connectivity index (χ0n) is 17.5. The fourth-order valence-electron chi connectivity index (χ4n) is 2.92. The number of amides is 1. The van der Waals surface area contributed by atoms with Crippen LogP contribution in [0.2, 0.25) is 0 Å². The van der Waals surface area contributed by atoms with Gasteiger partial charge in [-0.1, -0.05) is 29.5 Å². The number of hydrogen-bond donors (Lipinski definition) is 1. The molecule has 158 valence electrons. The van der Waals surface area contributed by atoms with Crippen molar-refractivity contribution in [2.75, 3.05) is 24.3 Å². The van der Waals surface area contributed by atoms with E-state index in [9.17, 15) is 4.79 Å². The maximum absolute atomic E-state index is 12.5. The molecule has 9 heteroatoms. The Morgan fingerprint density at radius 1 is 1.07 bits per heavy atom. The number of aromatic nitrogens is 4. The van der Waals surface area contributed by atoms with E-state index in [4.69, 9.17) is 9.47 Å². The Morgan fingerprint density at radius 2 is 1.83 bits per heavy atom. The maximum Gasteiger partial charge on any atom is 0.234 e. The van der Waals surface area contributed by atoms with E-state index in [1.165, 1.54) is 17.3 Å². The number of anilines is 1. The molecule has 0 aliphatic carbocycles. The Labute approximate surface area is 180 Å². The molecule has 0 radical (unpaired) electrons. The van der Waals surface area contributed by atoms with E-state index in [0.717, 1.165) is 11.3 Å². The van der Waals surface area contributed by atoms with Gasteiger partial charge in [0.15, 0.2) is 11.5 Å². The van der Waals surface area contributed by atoms with Gasteiger partial charge in [0.2, 0.25) is 11.1 Å². The lowest BCUT2D eigenvalue weighted by molar-refractivity contribution is -0.113. The van der Waals surface area contributed by atoms with Crippen LogP contribution in [0, 0.1) is 13.8 Å². The predicted molar refractivity (Wildman–Crippen MR) is 117 cm³/mol. The van der Waals surface area contributed by atoms with Crippen molar-refractivity contribution in [1.82, 2.24) is 20.2 Å². The number of carbonyl (C=O) groups is 1. The summed E-state index contributed by atoms with van der Waals surface area (Å²) in [5.41, 5.74) is 3.76. The van der Waals surface area contributed by atoms with Crippen molar-refractivity contribution in [1.29, 1.82) is 0 Å². The highest BCUT2D eigenvalue weighted by Gasteiger charge is 2.14. The summed E-state index contributed by atoms with van der Waals surface area (Å²) in [4.78, 5) is 12.5. The third kappa shape index (κ3) is 5.29. The molecule has 0 spiro atoms. The molecule has 1 N–H and O–H groups in total. The molecular weight excluding hydrogens is 402 g/mol. The highest BCUT2D eigenvalue weighted by molar-refractivity contribution is 7.99. The molecule has 3 aromatic rings. The minimum absolute atomic E-state index is 0.165. The molecule has 2 aromatic carbocycles. The number of aryl methyl sites for hydroxylation is 2. The number of rotatable bonds is 9. The van der Waals surface area contributed by atoms with E-state index < -0.39 is 0 Å². The van der Waals surface area contributed by atoms with Crippen LogP contribution < -0.4 is 14.8 Å². The average molecular weight is 428 g/mol. The predicted octanol–water partition coefficient (Wildman–Crippen LogP) is 3.81. The number of carbonyl (C=O) groups excluding carboxylic acids is 1. The molecular formula is C21H25N5O3S.